The topological polar surface area (TPSA) is 75.7 Å². The van der Waals surface area contributed by atoms with Crippen molar-refractivity contribution in [3.05, 3.63) is 12.3 Å². The van der Waals surface area contributed by atoms with E-state index >= 15 is 0 Å². The van der Waals surface area contributed by atoms with Gasteiger partial charge in [-0.25, -0.2) is 0 Å². The van der Waals surface area contributed by atoms with Crippen molar-refractivity contribution in [1.29, 1.82) is 0 Å². The fourth-order valence-electron chi connectivity index (χ4n) is 5.29. The van der Waals surface area contributed by atoms with Crippen molar-refractivity contribution in [2.45, 2.75) is 44.7 Å². The second kappa shape index (κ2) is 9.08. The number of aromatic nitrogens is 3. The lowest BCUT2D eigenvalue weighted by atomic mass is 10.00. The van der Waals surface area contributed by atoms with Crippen molar-refractivity contribution in [1.82, 2.24) is 24.3 Å². The minimum Gasteiger partial charge on any atom is -0.379 e. The van der Waals surface area contributed by atoms with Crippen LogP contribution in [0.15, 0.2) is 12.3 Å². The highest BCUT2D eigenvalue weighted by Gasteiger charge is 2.27. The van der Waals surface area contributed by atoms with Crippen LogP contribution in [0.25, 0.3) is 11.0 Å². The minimum absolute atomic E-state index is 0.377. The lowest BCUT2D eigenvalue weighted by Gasteiger charge is -2.40. The van der Waals surface area contributed by atoms with Crippen LogP contribution in [0.1, 0.15) is 32.1 Å². The fourth-order valence-corrected chi connectivity index (χ4v) is 5.29. The SMILES string of the molecule is Nc1nc(N2CCC(N3CCCCC3)CC2)c2ccn(CCN3CCOCC3)c2n1. The highest BCUT2D eigenvalue weighted by Crippen LogP contribution is 2.29. The van der Waals surface area contributed by atoms with E-state index in [2.05, 4.69) is 41.5 Å². The van der Waals surface area contributed by atoms with Crippen molar-refractivity contribution in [3.8, 4) is 0 Å². The Kier molecular flexibility index (Phi) is 6.06. The van der Waals surface area contributed by atoms with Gasteiger partial charge in [-0.2, -0.15) is 9.97 Å². The van der Waals surface area contributed by atoms with Gasteiger partial charge in [0, 0.05) is 51.5 Å². The van der Waals surface area contributed by atoms with Crippen LogP contribution >= 0.6 is 0 Å². The quantitative estimate of drug-likeness (QED) is 0.801. The number of rotatable bonds is 5. The number of piperidine rings is 2. The number of nitrogens with two attached hydrogens (primary N) is 1. The monoisotopic (exact) mass is 413 g/mol. The Morgan fingerprint density at radius 1 is 0.933 bits per heavy atom. The standard InChI is InChI=1S/C22H35N7O/c23-22-24-20(28-9-4-18(5-10-28)27-7-2-1-3-8-27)19-6-11-29(21(19)25-22)13-12-26-14-16-30-17-15-26/h6,11,18H,1-5,7-10,12-17H2,(H2,23,24,25). The number of ether oxygens (including phenoxy) is 1. The van der Waals surface area contributed by atoms with E-state index in [0.717, 1.165) is 75.4 Å². The van der Waals surface area contributed by atoms with Crippen LogP contribution in [0.2, 0.25) is 0 Å². The van der Waals surface area contributed by atoms with Crippen molar-refractivity contribution < 1.29 is 4.74 Å². The normalized spacial score (nSPS) is 22.7. The lowest BCUT2D eigenvalue weighted by molar-refractivity contribution is 0.0365. The first-order valence-electron chi connectivity index (χ1n) is 11.7. The van der Waals surface area contributed by atoms with Gasteiger partial charge in [-0.05, 0) is 44.8 Å². The molecule has 2 N–H and O–H groups in total. The van der Waals surface area contributed by atoms with E-state index in [0.29, 0.717) is 5.95 Å². The third-order valence-electron chi connectivity index (χ3n) is 7.05. The molecule has 3 fully saturated rings. The van der Waals surface area contributed by atoms with Crippen molar-refractivity contribution in [2.24, 2.45) is 0 Å². The summed E-state index contributed by atoms with van der Waals surface area (Å²) in [5.41, 5.74) is 7.11. The van der Waals surface area contributed by atoms with Gasteiger partial charge < -0.3 is 24.8 Å². The van der Waals surface area contributed by atoms with Gasteiger partial charge in [0.25, 0.3) is 0 Å². The Morgan fingerprint density at radius 3 is 2.47 bits per heavy atom. The molecule has 3 saturated heterocycles. The van der Waals surface area contributed by atoms with E-state index in [9.17, 15) is 0 Å². The number of nitrogen functional groups attached to an aromatic ring is 1. The molecule has 3 aliphatic rings. The summed E-state index contributed by atoms with van der Waals surface area (Å²) in [6.07, 6.45) is 8.69. The summed E-state index contributed by atoms with van der Waals surface area (Å²) in [6.45, 7) is 10.3. The van der Waals surface area contributed by atoms with E-state index in [4.69, 9.17) is 10.5 Å². The zero-order valence-corrected chi connectivity index (χ0v) is 18.0. The van der Waals surface area contributed by atoms with Crippen LogP contribution < -0.4 is 10.6 Å². The molecule has 2 aromatic heterocycles. The number of anilines is 2. The van der Waals surface area contributed by atoms with Gasteiger partial charge in [-0.15, -0.1) is 0 Å². The molecule has 0 bridgehead atoms. The summed E-state index contributed by atoms with van der Waals surface area (Å²) < 4.78 is 7.69. The summed E-state index contributed by atoms with van der Waals surface area (Å²) in [5, 5.41) is 1.13. The minimum atomic E-state index is 0.377. The Bertz CT molecular complexity index is 833. The number of nitrogens with zero attached hydrogens (tertiary/aromatic N) is 6. The van der Waals surface area contributed by atoms with Crippen molar-refractivity contribution in [3.63, 3.8) is 0 Å². The summed E-state index contributed by atoms with van der Waals surface area (Å²) in [4.78, 5) is 16.8. The van der Waals surface area contributed by atoms with Gasteiger partial charge in [-0.3, -0.25) is 4.90 Å². The Morgan fingerprint density at radius 2 is 1.70 bits per heavy atom. The molecule has 0 radical (unpaired) electrons. The van der Waals surface area contributed by atoms with Crippen LogP contribution in [0.3, 0.4) is 0 Å². The molecule has 0 spiro atoms. The van der Waals surface area contributed by atoms with Crippen LogP contribution in [0.4, 0.5) is 11.8 Å². The van der Waals surface area contributed by atoms with Crippen LogP contribution in [0.5, 0.6) is 0 Å². The Balaban J connectivity index is 1.28. The number of hydrogen-bond donors (Lipinski definition) is 1. The summed E-state index contributed by atoms with van der Waals surface area (Å²) in [7, 11) is 0. The van der Waals surface area contributed by atoms with E-state index < -0.39 is 0 Å². The molecule has 8 heteroatoms. The van der Waals surface area contributed by atoms with Crippen LogP contribution in [-0.2, 0) is 11.3 Å². The maximum atomic E-state index is 6.15. The molecule has 8 nitrogen and oxygen atoms in total. The number of likely N-dealkylation sites (tertiary alicyclic amines) is 1. The van der Waals surface area contributed by atoms with E-state index in [1.54, 1.807) is 0 Å². The molecule has 2 aromatic rings. The number of fused-ring (bicyclic) bond motifs is 1. The molecule has 0 aliphatic carbocycles. The number of morpholine rings is 1. The second-order valence-electron chi connectivity index (χ2n) is 8.92. The lowest BCUT2D eigenvalue weighted by Crippen LogP contribution is -2.47. The van der Waals surface area contributed by atoms with Gasteiger partial charge >= 0.3 is 0 Å². The first-order valence-corrected chi connectivity index (χ1v) is 11.7. The summed E-state index contributed by atoms with van der Waals surface area (Å²) >= 11 is 0. The average Bonchev–Trinajstić information content (AvgIpc) is 3.21. The molecule has 0 saturated carbocycles. The highest BCUT2D eigenvalue weighted by molar-refractivity contribution is 5.89. The van der Waals surface area contributed by atoms with E-state index in [1.165, 1.54) is 45.2 Å². The molecule has 0 amide bonds. The Labute approximate surface area is 179 Å². The van der Waals surface area contributed by atoms with E-state index in [-0.39, 0.29) is 0 Å². The molecule has 5 heterocycles. The van der Waals surface area contributed by atoms with Gasteiger partial charge in [0.1, 0.15) is 11.5 Å². The second-order valence-corrected chi connectivity index (χ2v) is 8.92. The van der Waals surface area contributed by atoms with Crippen LogP contribution in [0, 0.1) is 0 Å². The van der Waals surface area contributed by atoms with Crippen molar-refractivity contribution in [2.75, 3.05) is 69.7 Å². The Hall–Kier alpha value is -1.90. The third kappa shape index (κ3) is 4.26. The van der Waals surface area contributed by atoms with Crippen molar-refractivity contribution >= 4 is 22.8 Å². The van der Waals surface area contributed by atoms with Crippen LogP contribution in [-0.4, -0.2) is 89.4 Å². The molecule has 30 heavy (non-hydrogen) atoms. The predicted octanol–water partition coefficient (Wildman–Crippen LogP) is 1.80. The molecular formula is C22H35N7O. The molecule has 5 rings (SSSR count). The molecule has 0 aromatic carbocycles. The molecule has 164 valence electrons. The summed E-state index contributed by atoms with van der Waals surface area (Å²) in [6, 6.07) is 2.90. The molecule has 3 aliphatic heterocycles. The van der Waals surface area contributed by atoms with Gasteiger partial charge in [0.05, 0.1) is 18.6 Å². The highest BCUT2D eigenvalue weighted by atomic mass is 16.5. The zero-order valence-electron chi connectivity index (χ0n) is 18.0. The summed E-state index contributed by atoms with van der Waals surface area (Å²) in [5.74, 6) is 1.39. The molecular weight excluding hydrogens is 378 g/mol. The molecule has 0 atom stereocenters. The third-order valence-corrected chi connectivity index (χ3v) is 7.05. The number of hydrogen-bond acceptors (Lipinski definition) is 7. The smallest absolute Gasteiger partial charge is 0.224 e. The fraction of sp³-hybridized carbons (Fsp3) is 0.727. The van der Waals surface area contributed by atoms with E-state index in [1.807, 2.05) is 0 Å². The molecule has 0 unspecified atom stereocenters. The van der Waals surface area contributed by atoms with Gasteiger partial charge in [-0.1, -0.05) is 6.42 Å². The zero-order chi connectivity index (χ0) is 20.3. The first-order chi connectivity index (χ1) is 14.8. The van der Waals surface area contributed by atoms with Gasteiger partial charge in [0.15, 0.2) is 0 Å². The largest absolute Gasteiger partial charge is 0.379 e. The van der Waals surface area contributed by atoms with Gasteiger partial charge in [0.2, 0.25) is 5.95 Å². The first kappa shape index (κ1) is 20.0. The predicted molar refractivity (Wildman–Crippen MR) is 120 cm³/mol. The maximum Gasteiger partial charge on any atom is 0.224 e. The maximum absolute atomic E-state index is 6.15. The average molecular weight is 414 g/mol.